The Hall–Kier alpha value is -2.33. The number of hydrogen-bond donors (Lipinski definition) is 2. The minimum Gasteiger partial charge on any atom is -0.491 e. The van der Waals surface area contributed by atoms with Gasteiger partial charge in [0.25, 0.3) is 0 Å². The minimum absolute atomic E-state index is 0.0382. The molecule has 0 radical (unpaired) electrons. The van der Waals surface area contributed by atoms with Gasteiger partial charge in [0.2, 0.25) is 0 Å². The van der Waals surface area contributed by atoms with Gasteiger partial charge in [0.15, 0.2) is 0 Å². The number of hydrogen-bond acceptors (Lipinski definition) is 3. The first-order valence-electron chi connectivity index (χ1n) is 7.14. The number of rotatable bonds is 7. The van der Waals surface area contributed by atoms with Crippen LogP contribution in [0.5, 0.6) is 5.75 Å². The van der Waals surface area contributed by atoms with E-state index in [1.54, 1.807) is 12.1 Å². The molecular formula is C18H20FNO2. The maximum Gasteiger partial charge on any atom is 0.119 e. The van der Waals surface area contributed by atoms with Crippen molar-refractivity contribution in [2.45, 2.75) is 6.10 Å². The second-order valence-corrected chi connectivity index (χ2v) is 4.89. The molecule has 2 N–H and O–H groups in total. The van der Waals surface area contributed by atoms with Crippen molar-refractivity contribution >= 4 is 17.8 Å². The van der Waals surface area contributed by atoms with E-state index in [1.807, 2.05) is 55.6 Å². The summed E-state index contributed by atoms with van der Waals surface area (Å²) >= 11 is 0. The maximum atomic E-state index is 12.1. The number of halogens is 1. The first kappa shape index (κ1) is 16.0. The van der Waals surface area contributed by atoms with Gasteiger partial charge >= 0.3 is 0 Å². The first-order chi connectivity index (χ1) is 10.7. The van der Waals surface area contributed by atoms with E-state index in [-0.39, 0.29) is 6.61 Å². The molecule has 0 aliphatic heterocycles. The Morgan fingerprint density at radius 2 is 1.59 bits per heavy atom. The van der Waals surface area contributed by atoms with Crippen molar-refractivity contribution in [2.24, 2.45) is 0 Å². The second kappa shape index (κ2) is 8.20. The Balaban J connectivity index is 1.93. The molecule has 0 amide bonds. The van der Waals surface area contributed by atoms with E-state index in [4.69, 9.17) is 9.84 Å². The van der Waals surface area contributed by atoms with Crippen LogP contribution in [0.2, 0.25) is 0 Å². The van der Waals surface area contributed by atoms with Crippen LogP contribution in [0.4, 0.5) is 10.1 Å². The average Bonchev–Trinajstić information content (AvgIpc) is 2.59. The molecule has 0 bridgehead atoms. The van der Waals surface area contributed by atoms with Crippen LogP contribution in [-0.2, 0) is 0 Å². The number of anilines is 1. The third kappa shape index (κ3) is 4.90. The number of nitrogens with one attached hydrogen (secondary N) is 1. The summed E-state index contributed by atoms with van der Waals surface area (Å²) in [5.74, 6) is 0.614. The van der Waals surface area contributed by atoms with Gasteiger partial charge in [-0.15, -0.1) is 0 Å². The summed E-state index contributed by atoms with van der Waals surface area (Å²) in [6.45, 7) is -0.837. The SMILES string of the molecule is CNc1ccc(/C=C/c2ccc(OCC(O)CF)cc2)cc1. The smallest absolute Gasteiger partial charge is 0.119 e. The van der Waals surface area contributed by atoms with Crippen molar-refractivity contribution in [1.29, 1.82) is 0 Å². The zero-order valence-corrected chi connectivity index (χ0v) is 12.5. The summed E-state index contributed by atoms with van der Waals surface area (Å²) in [5.41, 5.74) is 3.23. The molecule has 1 unspecified atom stereocenters. The normalized spacial score (nSPS) is 12.3. The summed E-state index contributed by atoms with van der Waals surface area (Å²) < 4.78 is 17.4. The lowest BCUT2D eigenvalue weighted by Gasteiger charge is -2.09. The van der Waals surface area contributed by atoms with Crippen LogP contribution in [-0.4, -0.2) is 31.5 Å². The number of aliphatic hydroxyl groups excluding tert-OH is 1. The molecule has 2 aromatic carbocycles. The summed E-state index contributed by atoms with van der Waals surface area (Å²) in [6, 6.07) is 15.5. The summed E-state index contributed by atoms with van der Waals surface area (Å²) in [6.07, 6.45) is 2.97. The van der Waals surface area contributed by atoms with Gasteiger partial charge in [-0.3, -0.25) is 0 Å². The highest BCUT2D eigenvalue weighted by Gasteiger charge is 2.03. The fraction of sp³-hybridized carbons (Fsp3) is 0.222. The Labute approximate surface area is 130 Å². The average molecular weight is 301 g/mol. The molecule has 0 aliphatic carbocycles. The van der Waals surface area contributed by atoms with Gasteiger partial charge in [-0.05, 0) is 35.4 Å². The van der Waals surface area contributed by atoms with Gasteiger partial charge in [0.05, 0.1) is 0 Å². The van der Waals surface area contributed by atoms with Gasteiger partial charge < -0.3 is 15.2 Å². The van der Waals surface area contributed by atoms with Gasteiger partial charge in [-0.2, -0.15) is 0 Å². The molecule has 0 saturated heterocycles. The zero-order chi connectivity index (χ0) is 15.8. The highest BCUT2D eigenvalue weighted by Crippen LogP contribution is 2.16. The number of ether oxygens (including phenoxy) is 1. The molecule has 2 aromatic rings. The highest BCUT2D eigenvalue weighted by molar-refractivity contribution is 5.70. The topological polar surface area (TPSA) is 41.5 Å². The minimum atomic E-state index is -1.07. The fourth-order valence-corrected chi connectivity index (χ4v) is 1.87. The molecule has 0 aromatic heterocycles. The standard InChI is InChI=1S/C18H20FNO2/c1-20-16-8-4-14(5-9-16)2-3-15-6-10-18(11-7-15)22-13-17(21)12-19/h2-11,17,20-21H,12-13H2,1H3/b3-2+. The largest absolute Gasteiger partial charge is 0.491 e. The zero-order valence-electron chi connectivity index (χ0n) is 12.5. The summed E-state index contributed by atoms with van der Waals surface area (Å²) in [7, 11) is 1.89. The van der Waals surface area contributed by atoms with Crippen LogP contribution < -0.4 is 10.1 Å². The van der Waals surface area contributed by atoms with E-state index in [9.17, 15) is 4.39 Å². The van der Waals surface area contributed by atoms with Crippen molar-refractivity contribution < 1.29 is 14.2 Å². The Kier molecular flexibility index (Phi) is 5.98. The number of aliphatic hydroxyl groups is 1. The summed E-state index contributed by atoms with van der Waals surface area (Å²) in [5, 5.41) is 12.2. The van der Waals surface area contributed by atoms with Crippen LogP contribution in [0, 0.1) is 0 Å². The van der Waals surface area contributed by atoms with Crippen LogP contribution >= 0.6 is 0 Å². The molecule has 4 heteroatoms. The van der Waals surface area contributed by atoms with E-state index < -0.39 is 12.8 Å². The third-order valence-electron chi connectivity index (χ3n) is 3.17. The number of benzene rings is 2. The predicted octanol–water partition coefficient (Wildman–Crippen LogP) is 3.61. The van der Waals surface area contributed by atoms with Crippen molar-refractivity contribution in [2.75, 3.05) is 25.6 Å². The molecule has 0 fully saturated rings. The maximum absolute atomic E-state index is 12.1. The van der Waals surface area contributed by atoms with Gasteiger partial charge in [-0.25, -0.2) is 4.39 Å². The Morgan fingerprint density at radius 3 is 2.09 bits per heavy atom. The van der Waals surface area contributed by atoms with E-state index in [0.29, 0.717) is 5.75 Å². The van der Waals surface area contributed by atoms with Crippen molar-refractivity contribution in [3.8, 4) is 5.75 Å². The molecule has 2 rings (SSSR count). The molecule has 1 atom stereocenters. The van der Waals surface area contributed by atoms with E-state index in [0.717, 1.165) is 16.8 Å². The van der Waals surface area contributed by atoms with Crippen LogP contribution in [0.15, 0.2) is 48.5 Å². The van der Waals surface area contributed by atoms with E-state index in [1.165, 1.54) is 0 Å². The van der Waals surface area contributed by atoms with E-state index in [2.05, 4.69) is 5.32 Å². The molecule has 3 nitrogen and oxygen atoms in total. The van der Waals surface area contributed by atoms with Gasteiger partial charge in [0, 0.05) is 12.7 Å². The number of alkyl halides is 1. The van der Waals surface area contributed by atoms with E-state index >= 15 is 0 Å². The van der Waals surface area contributed by atoms with Crippen molar-refractivity contribution in [1.82, 2.24) is 0 Å². The molecule has 116 valence electrons. The van der Waals surface area contributed by atoms with Crippen molar-refractivity contribution in [3.63, 3.8) is 0 Å². The quantitative estimate of drug-likeness (QED) is 0.768. The second-order valence-electron chi connectivity index (χ2n) is 4.89. The summed E-state index contributed by atoms with van der Waals surface area (Å²) in [4.78, 5) is 0. The van der Waals surface area contributed by atoms with Gasteiger partial charge in [-0.1, -0.05) is 36.4 Å². The van der Waals surface area contributed by atoms with Gasteiger partial charge in [0.1, 0.15) is 25.1 Å². The molecule has 22 heavy (non-hydrogen) atoms. The Bertz CT molecular complexity index is 593. The molecule has 0 aliphatic rings. The lowest BCUT2D eigenvalue weighted by atomic mass is 10.1. The molecular weight excluding hydrogens is 281 g/mol. The molecule has 0 heterocycles. The molecule has 0 spiro atoms. The van der Waals surface area contributed by atoms with Crippen LogP contribution in [0.25, 0.3) is 12.2 Å². The highest BCUT2D eigenvalue weighted by atomic mass is 19.1. The molecule has 0 saturated carbocycles. The first-order valence-corrected chi connectivity index (χ1v) is 7.14. The van der Waals surface area contributed by atoms with Crippen LogP contribution in [0.3, 0.4) is 0 Å². The lowest BCUT2D eigenvalue weighted by Crippen LogP contribution is -2.19. The lowest BCUT2D eigenvalue weighted by molar-refractivity contribution is 0.0842. The predicted molar refractivity (Wildman–Crippen MR) is 88.8 cm³/mol. The fourth-order valence-electron chi connectivity index (χ4n) is 1.87. The Morgan fingerprint density at radius 1 is 1.05 bits per heavy atom. The third-order valence-corrected chi connectivity index (χ3v) is 3.17. The van der Waals surface area contributed by atoms with Crippen molar-refractivity contribution in [3.05, 3.63) is 59.7 Å². The monoisotopic (exact) mass is 301 g/mol. The van der Waals surface area contributed by atoms with Crippen LogP contribution in [0.1, 0.15) is 11.1 Å².